The topological polar surface area (TPSA) is 20.3 Å². The number of allylic oxidation sites excluding steroid dienone is 1. The summed E-state index contributed by atoms with van der Waals surface area (Å²) in [5.74, 6) is 0.369. The lowest BCUT2D eigenvalue weighted by molar-refractivity contribution is -0.118. The third-order valence-corrected chi connectivity index (χ3v) is 3.66. The highest BCUT2D eigenvalue weighted by atomic mass is 16.1. The first-order valence-electron chi connectivity index (χ1n) is 7.96. The monoisotopic (exact) mass is 287 g/mol. The first-order valence-corrected chi connectivity index (χ1v) is 7.96. The van der Waals surface area contributed by atoms with Crippen LogP contribution < -0.4 is 0 Å². The van der Waals surface area contributed by atoms with E-state index in [2.05, 4.69) is 43.0 Å². The number of hydrogen-bond donors (Lipinski definition) is 0. The van der Waals surface area contributed by atoms with Gasteiger partial charge in [0.2, 0.25) is 0 Å². The molecule has 0 fully saturated rings. The first kappa shape index (κ1) is 17.6. The predicted molar refractivity (Wildman–Crippen MR) is 91.4 cm³/mol. The molecule has 0 heterocycles. The summed E-state index contributed by atoms with van der Waals surface area (Å²) in [4.78, 5) is 14.5. The van der Waals surface area contributed by atoms with Crippen LogP contribution in [0.4, 0.5) is 0 Å². The molecule has 0 N–H and O–H groups in total. The Hall–Kier alpha value is -1.41. The fraction of sp³-hybridized carbons (Fsp3) is 0.526. The van der Waals surface area contributed by atoms with Crippen LogP contribution in [0.25, 0.3) is 6.08 Å². The number of carbonyl (C=O) groups excluding carboxylic acids is 1. The van der Waals surface area contributed by atoms with Crippen LogP contribution in [0.15, 0.2) is 30.3 Å². The molecule has 0 unspecified atom stereocenters. The van der Waals surface area contributed by atoms with E-state index in [-0.39, 0.29) is 11.7 Å². The van der Waals surface area contributed by atoms with Gasteiger partial charge >= 0.3 is 0 Å². The molecule has 0 aromatic heterocycles. The molecule has 0 aliphatic heterocycles. The van der Waals surface area contributed by atoms with Crippen molar-refractivity contribution in [1.29, 1.82) is 0 Å². The van der Waals surface area contributed by atoms with Gasteiger partial charge in [-0.25, -0.2) is 0 Å². The smallest absolute Gasteiger partial charge is 0.160 e. The Kier molecular flexibility index (Phi) is 7.99. The van der Waals surface area contributed by atoms with Crippen LogP contribution in [0.2, 0.25) is 0 Å². The van der Waals surface area contributed by atoms with E-state index in [0.717, 1.165) is 24.9 Å². The van der Waals surface area contributed by atoms with E-state index in [1.54, 1.807) is 6.08 Å². The third-order valence-electron chi connectivity index (χ3n) is 3.66. The lowest BCUT2D eigenvalue weighted by Crippen LogP contribution is -2.27. The van der Waals surface area contributed by atoms with Crippen LogP contribution >= 0.6 is 0 Å². The third kappa shape index (κ3) is 7.24. The maximum absolute atomic E-state index is 12.4. The maximum atomic E-state index is 12.4. The van der Waals surface area contributed by atoms with E-state index in [1.807, 2.05) is 20.2 Å². The van der Waals surface area contributed by atoms with Gasteiger partial charge in [0.1, 0.15) is 0 Å². The fourth-order valence-corrected chi connectivity index (χ4v) is 2.40. The van der Waals surface area contributed by atoms with Gasteiger partial charge in [-0.2, -0.15) is 0 Å². The summed E-state index contributed by atoms with van der Waals surface area (Å²) in [6, 6.07) is 8.25. The largest absolute Gasteiger partial charge is 0.309 e. The first-order chi connectivity index (χ1) is 10.0. The summed E-state index contributed by atoms with van der Waals surface area (Å²) in [5, 5.41) is 0. The highest BCUT2D eigenvalue weighted by Gasteiger charge is 2.16. The van der Waals surface area contributed by atoms with Crippen LogP contribution in [0.1, 0.15) is 43.7 Å². The zero-order chi connectivity index (χ0) is 15.7. The van der Waals surface area contributed by atoms with Crippen molar-refractivity contribution in [2.75, 3.05) is 20.6 Å². The van der Waals surface area contributed by atoms with Gasteiger partial charge in [-0.05, 0) is 39.1 Å². The van der Waals surface area contributed by atoms with Crippen molar-refractivity contribution >= 4 is 11.9 Å². The number of carbonyl (C=O) groups is 1. The van der Waals surface area contributed by atoms with E-state index in [9.17, 15) is 4.79 Å². The summed E-state index contributed by atoms with van der Waals surface area (Å²) in [5.41, 5.74) is 2.33. The van der Waals surface area contributed by atoms with Crippen molar-refractivity contribution in [2.24, 2.45) is 5.92 Å². The molecule has 0 aliphatic carbocycles. The molecule has 1 aromatic carbocycles. The molecule has 0 amide bonds. The normalized spacial score (nSPS) is 13.0. The van der Waals surface area contributed by atoms with Crippen molar-refractivity contribution in [1.82, 2.24) is 4.90 Å². The van der Waals surface area contributed by atoms with Gasteiger partial charge in [-0.15, -0.1) is 0 Å². The molecule has 0 radical (unpaired) electrons. The molecule has 0 saturated carbocycles. The maximum Gasteiger partial charge on any atom is 0.160 e. The van der Waals surface area contributed by atoms with E-state index < -0.39 is 0 Å². The number of aryl methyl sites for hydroxylation is 1. The molecular formula is C19H29NO. The molecule has 1 aromatic rings. The summed E-state index contributed by atoms with van der Waals surface area (Å²) in [6.07, 6.45) is 8.22. The number of unbranched alkanes of at least 4 members (excludes halogenated alkanes) is 2. The lowest BCUT2D eigenvalue weighted by Gasteiger charge is -2.18. The van der Waals surface area contributed by atoms with Gasteiger partial charge in [0, 0.05) is 12.5 Å². The minimum absolute atomic E-state index is 0.119. The van der Waals surface area contributed by atoms with Gasteiger partial charge in [-0.1, -0.05) is 62.1 Å². The SMILES string of the molecule is CCCCC[C@@H](CN(C)C)C(=O)/C=C/c1ccc(C)cc1. The molecule has 2 heteroatoms. The summed E-state index contributed by atoms with van der Waals surface area (Å²) < 4.78 is 0. The molecule has 0 aliphatic rings. The van der Waals surface area contributed by atoms with Crippen LogP contribution in [0, 0.1) is 12.8 Å². The molecular weight excluding hydrogens is 258 g/mol. The zero-order valence-electron chi connectivity index (χ0n) is 13.9. The van der Waals surface area contributed by atoms with Crippen molar-refractivity contribution in [3.8, 4) is 0 Å². The van der Waals surface area contributed by atoms with Crippen LogP contribution in [-0.2, 0) is 4.79 Å². The van der Waals surface area contributed by atoms with E-state index >= 15 is 0 Å². The van der Waals surface area contributed by atoms with E-state index in [1.165, 1.54) is 18.4 Å². The van der Waals surface area contributed by atoms with Gasteiger partial charge in [0.15, 0.2) is 5.78 Å². The van der Waals surface area contributed by atoms with Gasteiger partial charge in [-0.3, -0.25) is 4.79 Å². The number of nitrogens with zero attached hydrogens (tertiary/aromatic N) is 1. The van der Waals surface area contributed by atoms with E-state index in [0.29, 0.717) is 0 Å². The zero-order valence-corrected chi connectivity index (χ0v) is 13.9. The van der Waals surface area contributed by atoms with Crippen molar-refractivity contribution in [2.45, 2.75) is 39.5 Å². The second kappa shape index (κ2) is 9.51. The average Bonchev–Trinajstić information content (AvgIpc) is 2.45. The van der Waals surface area contributed by atoms with Crippen molar-refractivity contribution in [3.05, 3.63) is 41.5 Å². The fourth-order valence-electron chi connectivity index (χ4n) is 2.40. The Morgan fingerprint density at radius 2 is 1.86 bits per heavy atom. The molecule has 116 valence electrons. The summed E-state index contributed by atoms with van der Waals surface area (Å²) >= 11 is 0. The average molecular weight is 287 g/mol. The quantitative estimate of drug-likeness (QED) is 0.497. The van der Waals surface area contributed by atoms with Crippen LogP contribution in [-0.4, -0.2) is 31.3 Å². The van der Waals surface area contributed by atoms with Crippen molar-refractivity contribution in [3.63, 3.8) is 0 Å². The van der Waals surface area contributed by atoms with Gasteiger partial charge < -0.3 is 4.90 Å². The summed E-state index contributed by atoms with van der Waals surface area (Å²) in [7, 11) is 4.06. The number of benzene rings is 1. The summed E-state index contributed by atoms with van der Waals surface area (Å²) in [6.45, 7) is 5.10. The number of rotatable bonds is 9. The minimum Gasteiger partial charge on any atom is -0.309 e. The molecule has 0 spiro atoms. The predicted octanol–water partition coefficient (Wildman–Crippen LogP) is 4.34. The highest BCUT2D eigenvalue weighted by molar-refractivity contribution is 5.95. The Balaban J connectivity index is 2.63. The highest BCUT2D eigenvalue weighted by Crippen LogP contribution is 2.14. The Bertz CT molecular complexity index is 445. The second-order valence-electron chi connectivity index (χ2n) is 6.10. The standard InChI is InChI=1S/C19H29NO/c1-5-6-7-8-18(15-20(3)4)19(21)14-13-17-11-9-16(2)10-12-17/h9-14,18H,5-8,15H2,1-4H3/b14-13+/t18-/m0/s1. The Morgan fingerprint density at radius 3 is 2.43 bits per heavy atom. The Morgan fingerprint density at radius 1 is 1.19 bits per heavy atom. The van der Waals surface area contributed by atoms with Gasteiger partial charge in [0.25, 0.3) is 0 Å². The van der Waals surface area contributed by atoms with Crippen molar-refractivity contribution < 1.29 is 4.79 Å². The van der Waals surface area contributed by atoms with Crippen LogP contribution in [0.5, 0.6) is 0 Å². The molecule has 0 bridgehead atoms. The van der Waals surface area contributed by atoms with Gasteiger partial charge in [0.05, 0.1) is 0 Å². The minimum atomic E-state index is 0.119. The molecule has 2 nitrogen and oxygen atoms in total. The van der Waals surface area contributed by atoms with E-state index in [4.69, 9.17) is 0 Å². The molecule has 1 atom stereocenters. The Labute approximate surface area is 129 Å². The molecule has 1 rings (SSSR count). The second-order valence-corrected chi connectivity index (χ2v) is 6.10. The number of ketones is 1. The lowest BCUT2D eigenvalue weighted by atomic mass is 9.95. The molecule has 0 saturated heterocycles. The molecule has 21 heavy (non-hydrogen) atoms. The number of hydrogen-bond acceptors (Lipinski definition) is 2. The van der Waals surface area contributed by atoms with Crippen LogP contribution in [0.3, 0.4) is 0 Å².